The molecule has 3 aromatic rings. The average Bonchev–Trinajstić information content (AvgIpc) is 2.80. The van der Waals surface area contributed by atoms with Gasteiger partial charge in [0.1, 0.15) is 16.6 Å². The number of hydrogen-bond acceptors (Lipinski definition) is 3. The summed E-state index contributed by atoms with van der Waals surface area (Å²) < 4.78 is 27.3. The van der Waals surface area contributed by atoms with Crippen LogP contribution in [0, 0.1) is 11.6 Å². The van der Waals surface area contributed by atoms with Crippen LogP contribution in [0.5, 0.6) is 0 Å². The number of nitrogens with one attached hydrogen (secondary N) is 1. The molecule has 0 fully saturated rings. The third kappa shape index (κ3) is 2.56. The first-order valence-corrected chi connectivity index (χ1v) is 6.57. The van der Waals surface area contributed by atoms with Crippen LogP contribution in [0.4, 0.5) is 14.5 Å². The highest BCUT2D eigenvalue weighted by Crippen LogP contribution is 2.23. The third-order valence-corrected chi connectivity index (χ3v) is 3.74. The summed E-state index contributed by atoms with van der Waals surface area (Å²) in [6, 6.07) is 11.3. The standard InChI is InChI=1S/C14H10F2N2S/c15-9-5-6-11(10(16)7-9)17-8-14-18-12-3-1-2-4-13(12)19-14/h1-7,17H,8H2. The number of hydrogen-bond donors (Lipinski definition) is 1. The summed E-state index contributed by atoms with van der Waals surface area (Å²) in [4.78, 5) is 4.43. The summed E-state index contributed by atoms with van der Waals surface area (Å²) in [7, 11) is 0. The lowest BCUT2D eigenvalue weighted by Gasteiger charge is -2.05. The van der Waals surface area contributed by atoms with E-state index in [1.807, 2.05) is 24.3 Å². The number of anilines is 1. The molecule has 0 amide bonds. The molecule has 2 aromatic carbocycles. The van der Waals surface area contributed by atoms with Crippen molar-refractivity contribution < 1.29 is 8.78 Å². The Morgan fingerprint density at radius 3 is 2.74 bits per heavy atom. The molecule has 0 radical (unpaired) electrons. The van der Waals surface area contributed by atoms with E-state index < -0.39 is 11.6 Å². The van der Waals surface area contributed by atoms with E-state index in [1.54, 1.807) is 11.3 Å². The maximum Gasteiger partial charge on any atom is 0.149 e. The Morgan fingerprint density at radius 1 is 1.11 bits per heavy atom. The second-order valence-electron chi connectivity index (χ2n) is 4.05. The normalized spacial score (nSPS) is 10.8. The van der Waals surface area contributed by atoms with Crippen molar-refractivity contribution in [1.82, 2.24) is 4.98 Å². The minimum Gasteiger partial charge on any atom is -0.376 e. The van der Waals surface area contributed by atoms with Crippen LogP contribution in [0.1, 0.15) is 5.01 Å². The molecule has 0 saturated carbocycles. The highest BCUT2D eigenvalue weighted by atomic mass is 32.1. The molecule has 96 valence electrons. The van der Waals surface area contributed by atoms with Gasteiger partial charge in [-0.2, -0.15) is 0 Å². The van der Waals surface area contributed by atoms with Crippen LogP contribution in [-0.2, 0) is 6.54 Å². The summed E-state index contributed by atoms with van der Waals surface area (Å²) in [5.41, 5.74) is 1.21. The molecule has 0 bridgehead atoms. The molecule has 2 nitrogen and oxygen atoms in total. The predicted molar refractivity (Wildman–Crippen MR) is 73.3 cm³/mol. The summed E-state index contributed by atoms with van der Waals surface area (Å²) in [6.07, 6.45) is 0. The fraction of sp³-hybridized carbons (Fsp3) is 0.0714. The lowest BCUT2D eigenvalue weighted by molar-refractivity contribution is 0.585. The molecule has 0 aliphatic rings. The Bertz CT molecular complexity index is 691. The molecule has 0 aliphatic carbocycles. The Kier molecular flexibility index (Phi) is 3.13. The Labute approximate surface area is 112 Å². The molecule has 1 N–H and O–H groups in total. The van der Waals surface area contributed by atoms with Crippen LogP contribution in [0.3, 0.4) is 0 Å². The second kappa shape index (κ2) is 4.93. The summed E-state index contributed by atoms with van der Waals surface area (Å²) in [5, 5.41) is 3.79. The van der Waals surface area contributed by atoms with Crippen LogP contribution >= 0.6 is 11.3 Å². The number of para-hydroxylation sites is 1. The predicted octanol–water partition coefficient (Wildman–Crippen LogP) is 4.19. The van der Waals surface area contributed by atoms with E-state index in [2.05, 4.69) is 10.3 Å². The van der Waals surface area contributed by atoms with Crippen molar-refractivity contribution in [2.45, 2.75) is 6.54 Å². The van der Waals surface area contributed by atoms with E-state index in [0.29, 0.717) is 6.54 Å². The lowest BCUT2D eigenvalue weighted by Crippen LogP contribution is -2.01. The molecule has 0 atom stereocenters. The fourth-order valence-electron chi connectivity index (χ4n) is 1.80. The van der Waals surface area contributed by atoms with E-state index >= 15 is 0 Å². The number of aromatic nitrogens is 1. The molecule has 0 aliphatic heterocycles. The zero-order valence-corrected chi connectivity index (χ0v) is 10.7. The van der Waals surface area contributed by atoms with Gasteiger partial charge in [-0.25, -0.2) is 13.8 Å². The number of halogens is 2. The van der Waals surface area contributed by atoms with Gasteiger partial charge in [0.15, 0.2) is 0 Å². The van der Waals surface area contributed by atoms with Crippen LogP contribution in [0.15, 0.2) is 42.5 Å². The van der Waals surface area contributed by atoms with Gasteiger partial charge in [-0.05, 0) is 24.3 Å². The summed E-state index contributed by atoms with van der Waals surface area (Å²) >= 11 is 1.56. The monoisotopic (exact) mass is 276 g/mol. The Balaban J connectivity index is 1.78. The van der Waals surface area contributed by atoms with Crippen molar-refractivity contribution in [3.63, 3.8) is 0 Å². The van der Waals surface area contributed by atoms with Gasteiger partial charge >= 0.3 is 0 Å². The van der Waals surface area contributed by atoms with E-state index in [9.17, 15) is 8.78 Å². The minimum atomic E-state index is -0.596. The average molecular weight is 276 g/mol. The van der Waals surface area contributed by atoms with Crippen molar-refractivity contribution in [1.29, 1.82) is 0 Å². The molecule has 0 spiro atoms. The second-order valence-corrected chi connectivity index (χ2v) is 5.17. The first-order chi connectivity index (χ1) is 9.22. The third-order valence-electron chi connectivity index (χ3n) is 2.70. The first kappa shape index (κ1) is 12.0. The number of thiazole rings is 1. The van der Waals surface area contributed by atoms with Gasteiger partial charge in [0, 0.05) is 6.07 Å². The van der Waals surface area contributed by atoms with Gasteiger partial charge < -0.3 is 5.32 Å². The number of nitrogens with zero attached hydrogens (tertiary/aromatic N) is 1. The Hall–Kier alpha value is -2.01. The van der Waals surface area contributed by atoms with E-state index in [1.165, 1.54) is 12.1 Å². The van der Waals surface area contributed by atoms with Gasteiger partial charge in [0.25, 0.3) is 0 Å². The zero-order chi connectivity index (χ0) is 13.2. The van der Waals surface area contributed by atoms with Gasteiger partial charge in [0.2, 0.25) is 0 Å². The lowest BCUT2D eigenvalue weighted by atomic mass is 10.3. The Morgan fingerprint density at radius 2 is 1.95 bits per heavy atom. The van der Waals surface area contributed by atoms with Crippen LogP contribution in [0.2, 0.25) is 0 Å². The fourth-order valence-corrected chi connectivity index (χ4v) is 2.71. The number of benzene rings is 2. The van der Waals surface area contributed by atoms with Crippen molar-refractivity contribution in [3.05, 3.63) is 59.1 Å². The largest absolute Gasteiger partial charge is 0.376 e. The van der Waals surface area contributed by atoms with E-state index in [-0.39, 0.29) is 5.69 Å². The van der Waals surface area contributed by atoms with Gasteiger partial charge in [-0.1, -0.05) is 12.1 Å². The van der Waals surface area contributed by atoms with Gasteiger partial charge in [-0.3, -0.25) is 0 Å². The topological polar surface area (TPSA) is 24.9 Å². The number of fused-ring (bicyclic) bond motifs is 1. The highest BCUT2D eigenvalue weighted by molar-refractivity contribution is 7.18. The maximum atomic E-state index is 13.4. The quantitative estimate of drug-likeness (QED) is 0.776. The first-order valence-electron chi connectivity index (χ1n) is 5.76. The SMILES string of the molecule is Fc1ccc(NCc2nc3ccccc3s2)c(F)c1. The zero-order valence-electron chi connectivity index (χ0n) is 9.86. The molecule has 1 aromatic heterocycles. The van der Waals surface area contributed by atoms with E-state index in [0.717, 1.165) is 21.3 Å². The summed E-state index contributed by atoms with van der Waals surface area (Å²) in [5.74, 6) is -1.18. The molecule has 1 heterocycles. The van der Waals surface area contributed by atoms with Gasteiger partial charge in [-0.15, -0.1) is 11.3 Å². The molecule has 19 heavy (non-hydrogen) atoms. The van der Waals surface area contributed by atoms with Crippen LogP contribution in [0.25, 0.3) is 10.2 Å². The van der Waals surface area contributed by atoms with Crippen molar-refractivity contribution in [2.24, 2.45) is 0 Å². The van der Waals surface area contributed by atoms with Crippen molar-refractivity contribution in [2.75, 3.05) is 5.32 Å². The molecular formula is C14H10F2N2S. The smallest absolute Gasteiger partial charge is 0.149 e. The van der Waals surface area contributed by atoms with Crippen LogP contribution in [-0.4, -0.2) is 4.98 Å². The van der Waals surface area contributed by atoms with Crippen molar-refractivity contribution in [3.8, 4) is 0 Å². The van der Waals surface area contributed by atoms with Gasteiger partial charge in [0.05, 0.1) is 22.4 Å². The molecule has 5 heteroatoms. The molecule has 3 rings (SSSR count). The minimum absolute atomic E-state index is 0.278. The highest BCUT2D eigenvalue weighted by Gasteiger charge is 2.06. The maximum absolute atomic E-state index is 13.4. The molecule has 0 saturated heterocycles. The van der Waals surface area contributed by atoms with E-state index in [4.69, 9.17) is 0 Å². The molecular weight excluding hydrogens is 266 g/mol. The summed E-state index contributed by atoms with van der Waals surface area (Å²) in [6.45, 7) is 0.419. The van der Waals surface area contributed by atoms with Crippen molar-refractivity contribution >= 4 is 27.2 Å². The molecule has 0 unspecified atom stereocenters. The number of rotatable bonds is 3. The van der Waals surface area contributed by atoms with Crippen LogP contribution < -0.4 is 5.32 Å².